The second kappa shape index (κ2) is 6.28. The molecule has 1 aromatic carbocycles. The number of hydrogen-bond donors (Lipinski definition) is 1. The lowest BCUT2D eigenvalue weighted by Crippen LogP contribution is -2.52. The van der Waals surface area contributed by atoms with E-state index in [9.17, 15) is 0 Å². The molecule has 0 aliphatic carbocycles. The molecule has 0 saturated carbocycles. The van der Waals surface area contributed by atoms with Gasteiger partial charge in [-0.25, -0.2) is 0 Å². The summed E-state index contributed by atoms with van der Waals surface area (Å²) in [5, 5.41) is 3.78. The third-order valence-electron chi connectivity index (χ3n) is 4.76. The maximum absolute atomic E-state index is 3.78. The zero-order valence-electron chi connectivity index (χ0n) is 13.6. The highest BCUT2D eigenvalue weighted by molar-refractivity contribution is 5.24. The summed E-state index contributed by atoms with van der Waals surface area (Å²) in [6.07, 6.45) is 3.74. The number of nitrogens with zero attached hydrogens (tertiary/aromatic N) is 1. The van der Waals surface area contributed by atoms with Crippen molar-refractivity contribution in [3.63, 3.8) is 0 Å². The number of rotatable bonds is 4. The lowest BCUT2D eigenvalue weighted by molar-refractivity contribution is 0.0887. The van der Waals surface area contributed by atoms with E-state index in [0.717, 1.165) is 13.1 Å². The van der Waals surface area contributed by atoms with Crippen LogP contribution in [0.2, 0.25) is 0 Å². The normalized spacial score (nSPS) is 25.4. The van der Waals surface area contributed by atoms with Crippen molar-refractivity contribution < 1.29 is 0 Å². The van der Waals surface area contributed by atoms with Crippen molar-refractivity contribution in [2.24, 2.45) is 0 Å². The first kappa shape index (κ1) is 15.5. The van der Waals surface area contributed by atoms with Gasteiger partial charge in [-0.1, -0.05) is 43.7 Å². The summed E-state index contributed by atoms with van der Waals surface area (Å²) in [6, 6.07) is 10.9. The third-order valence-corrected chi connectivity index (χ3v) is 4.76. The van der Waals surface area contributed by atoms with Gasteiger partial charge in [0.1, 0.15) is 0 Å². The molecule has 2 nitrogen and oxygen atoms in total. The quantitative estimate of drug-likeness (QED) is 0.899. The minimum absolute atomic E-state index is 0.0583. The van der Waals surface area contributed by atoms with Crippen molar-refractivity contribution in [3.8, 4) is 0 Å². The van der Waals surface area contributed by atoms with E-state index in [2.05, 4.69) is 68.2 Å². The average Bonchev–Trinajstić information content (AvgIpc) is 2.63. The molecule has 1 atom stereocenters. The molecular formula is C18H30N2. The van der Waals surface area contributed by atoms with Crippen LogP contribution in [0, 0.1) is 0 Å². The molecule has 2 heteroatoms. The number of hydrogen-bond acceptors (Lipinski definition) is 2. The van der Waals surface area contributed by atoms with Crippen molar-refractivity contribution in [1.29, 1.82) is 0 Å². The Kier molecular flexibility index (Phi) is 4.87. The first-order valence-electron chi connectivity index (χ1n) is 8.03. The van der Waals surface area contributed by atoms with Crippen LogP contribution in [0.4, 0.5) is 0 Å². The SMILES string of the molecule is CCCC(C)(C)N1CCCNC(C)(c2ccccc2)C1. The summed E-state index contributed by atoms with van der Waals surface area (Å²) in [7, 11) is 0. The van der Waals surface area contributed by atoms with E-state index < -0.39 is 0 Å². The zero-order valence-corrected chi connectivity index (χ0v) is 13.6. The second-order valence-corrected chi connectivity index (χ2v) is 6.96. The fourth-order valence-corrected chi connectivity index (χ4v) is 3.44. The highest BCUT2D eigenvalue weighted by atomic mass is 15.2. The highest BCUT2D eigenvalue weighted by Gasteiger charge is 2.36. The van der Waals surface area contributed by atoms with Gasteiger partial charge >= 0.3 is 0 Å². The van der Waals surface area contributed by atoms with Crippen LogP contribution in [0.25, 0.3) is 0 Å². The van der Waals surface area contributed by atoms with Crippen LogP contribution in [-0.4, -0.2) is 30.1 Å². The van der Waals surface area contributed by atoms with E-state index in [-0.39, 0.29) is 11.1 Å². The molecule has 1 unspecified atom stereocenters. The maximum Gasteiger partial charge on any atom is 0.0535 e. The molecule has 1 heterocycles. The Morgan fingerprint density at radius 2 is 1.95 bits per heavy atom. The van der Waals surface area contributed by atoms with Gasteiger partial charge in [-0.3, -0.25) is 4.90 Å². The van der Waals surface area contributed by atoms with Crippen LogP contribution in [-0.2, 0) is 5.54 Å². The van der Waals surface area contributed by atoms with Gasteiger partial charge < -0.3 is 5.32 Å². The van der Waals surface area contributed by atoms with Gasteiger partial charge in [0, 0.05) is 12.1 Å². The molecule has 20 heavy (non-hydrogen) atoms. The molecule has 0 radical (unpaired) electrons. The van der Waals surface area contributed by atoms with E-state index in [1.165, 1.54) is 31.4 Å². The fourth-order valence-electron chi connectivity index (χ4n) is 3.44. The zero-order chi connectivity index (χ0) is 14.6. The molecule has 0 bridgehead atoms. The lowest BCUT2D eigenvalue weighted by Gasteiger charge is -2.43. The lowest BCUT2D eigenvalue weighted by atomic mass is 9.88. The molecule has 0 aromatic heterocycles. The summed E-state index contributed by atoms with van der Waals surface area (Å²) in [6.45, 7) is 12.8. The standard InChI is InChI=1S/C18H30N2/c1-5-12-17(2,3)20-14-9-13-19-18(4,15-20)16-10-7-6-8-11-16/h6-8,10-11,19H,5,9,12-15H2,1-4H3. The summed E-state index contributed by atoms with van der Waals surface area (Å²) in [5.74, 6) is 0. The summed E-state index contributed by atoms with van der Waals surface area (Å²) in [5.41, 5.74) is 1.75. The van der Waals surface area contributed by atoms with Crippen molar-refractivity contribution in [1.82, 2.24) is 10.2 Å². The maximum atomic E-state index is 3.78. The first-order chi connectivity index (χ1) is 9.48. The van der Waals surface area contributed by atoms with Crippen LogP contribution in [0.3, 0.4) is 0 Å². The Morgan fingerprint density at radius 1 is 1.25 bits per heavy atom. The number of nitrogens with one attached hydrogen (secondary N) is 1. The van der Waals surface area contributed by atoms with Crippen LogP contribution < -0.4 is 5.32 Å². The van der Waals surface area contributed by atoms with Gasteiger partial charge in [0.15, 0.2) is 0 Å². The molecule has 1 aliphatic rings. The molecule has 0 amide bonds. The van der Waals surface area contributed by atoms with Gasteiger partial charge in [-0.2, -0.15) is 0 Å². The minimum atomic E-state index is 0.0583. The molecule has 112 valence electrons. The largest absolute Gasteiger partial charge is 0.307 e. The Bertz CT molecular complexity index is 413. The number of benzene rings is 1. The predicted molar refractivity (Wildman–Crippen MR) is 87.0 cm³/mol. The minimum Gasteiger partial charge on any atom is -0.307 e. The van der Waals surface area contributed by atoms with Crippen molar-refractivity contribution in [2.75, 3.05) is 19.6 Å². The molecular weight excluding hydrogens is 244 g/mol. The molecule has 1 aromatic rings. The van der Waals surface area contributed by atoms with E-state index in [1.54, 1.807) is 0 Å². The van der Waals surface area contributed by atoms with Crippen molar-refractivity contribution >= 4 is 0 Å². The average molecular weight is 274 g/mol. The van der Waals surface area contributed by atoms with E-state index in [0.29, 0.717) is 0 Å². The van der Waals surface area contributed by atoms with Gasteiger partial charge in [0.05, 0.1) is 5.54 Å². The van der Waals surface area contributed by atoms with Crippen LogP contribution in [0.15, 0.2) is 30.3 Å². The molecule has 1 saturated heterocycles. The third kappa shape index (κ3) is 3.42. The van der Waals surface area contributed by atoms with E-state index in [1.807, 2.05) is 0 Å². The Balaban J connectivity index is 2.23. The smallest absolute Gasteiger partial charge is 0.0535 e. The van der Waals surface area contributed by atoms with Gasteiger partial charge in [0.25, 0.3) is 0 Å². The molecule has 1 fully saturated rings. The van der Waals surface area contributed by atoms with Crippen LogP contribution in [0.1, 0.15) is 52.5 Å². The van der Waals surface area contributed by atoms with Gasteiger partial charge in [0.2, 0.25) is 0 Å². The Hall–Kier alpha value is -0.860. The first-order valence-corrected chi connectivity index (χ1v) is 8.03. The van der Waals surface area contributed by atoms with Crippen LogP contribution >= 0.6 is 0 Å². The Labute approximate surface area is 124 Å². The summed E-state index contributed by atoms with van der Waals surface area (Å²) in [4.78, 5) is 2.68. The molecule has 1 aliphatic heterocycles. The summed E-state index contributed by atoms with van der Waals surface area (Å²) >= 11 is 0. The van der Waals surface area contributed by atoms with E-state index in [4.69, 9.17) is 0 Å². The van der Waals surface area contributed by atoms with Crippen molar-refractivity contribution in [3.05, 3.63) is 35.9 Å². The highest BCUT2D eigenvalue weighted by Crippen LogP contribution is 2.29. The molecule has 2 rings (SSSR count). The van der Waals surface area contributed by atoms with Crippen molar-refractivity contribution in [2.45, 2.75) is 58.0 Å². The second-order valence-electron chi connectivity index (χ2n) is 6.96. The van der Waals surface area contributed by atoms with E-state index >= 15 is 0 Å². The van der Waals surface area contributed by atoms with Gasteiger partial charge in [-0.15, -0.1) is 0 Å². The fraction of sp³-hybridized carbons (Fsp3) is 0.667. The van der Waals surface area contributed by atoms with Crippen LogP contribution in [0.5, 0.6) is 0 Å². The monoisotopic (exact) mass is 274 g/mol. The van der Waals surface area contributed by atoms with Gasteiger partial charge in [-0.05, 0) is 52.3 Å². The molecule has 0 spiro atoms. The Morgan fingerprint density at radius 3 is 2.60 bits per heavy atom. The predicted octanol–water partition coefficient (Wildman–Crippen LogP) is 3.78. The summed E-state index contributed by atoms with van der Waals surface area (Å²) < 4.78 is 0. The topological polar surface area (TPSA) is 15.3 Å². The molecule has 1 N–H and O–H groups in total.